The molecule has 0 bridgehead atoms. The Hall–Kier alpha value is -3.52. The van der Waals surface area contributed by atoms with Crippen LogP contribution in [0.3, 0.4) is 0 Å². The maximum atomic E-state index is 5.54. The highest BCUT2D eigenvalue weighted by atomic mass is 32.1. The highest BCUT2D eigenvalue weighted by molar-refractivity contribution is 7.80. The van der Waals surface area contributed by atoms with E-state index in [1.807, 2.05) is 63.2 Å². The lowest BCUT2D eigenvalue weighted by molar-refractivity contribution is 0.414. The molecule has 0 aliphatic heterocycles. The van der Waals surface area contributed by atoms with Crippen LogP contribution in [0.15, 0.2) is 53.5 Å². The molecule has 0 aliphatic rings. The highest BCUT2D eigenvalue weighted by Crippen LogP contribution is 2.16. The van der Waals surface area contributed by atoms with Crippen LogP contribution >= 0.6 is 12.2 Å². The van der Waals surface area contributed by atoms with Gasteiger partial charge < -0.3 is 15.4 Å². The minimum Gasteiger partial charge on any atom is -0.497 e. The van der Waals surface area contributed by atoms with Crippen LogP contribution in [-0.4, -0.2) is 28.1 Å². The van der Waals surface area contributed by atoms with E-state index < -0.39 is 0 Å². The first kappa shape index (κ1) is 23.1. The van der Waals surface area contributed by atoms with E-state index >= 15 is 0 Å². The second-order valence-electron chi connectivity index (χ2n) is 7.51. The molecule has 1 aromatic heterocycles. The van der Waals surface area contributed by atoms with Gasteiger partial charge in [0.2, 0.25) is 11.9 Å². The molecule has 3 N–H and O–H groups in total. The zero-order chi connectivity index (χ0) is 23.1. The second kappa shape index (κ2) is 10.7. The molecular weight excluding hydrogens is 420 g/mol. The van der Waals surface area contributed by atoms with Gasteiger partial charge >= 0.3 is 0 Å². The Balaban J connectivity index is 1.78. The minimum absolute atomic E-state index is 0.419. The number of benzene rings is 2. The molecule has 0 aliphatic carbocycles. The zero-order valence-corrected chi connectivity index (χ0v) is 19.8. The molecule has 3 aromatic rings. The van der Waals surface area contributed by atoms with Crippen molar-refractivity contribution in [1.29, 1.82) is 0 Å². The lowest BCUT2D eigenvalue weighted by atomic mass is 10.1. The number of hydrogen-bond donors (Lipinski definition) is 3. The van der Waals surface area contributed by atoms with Gasteiger partial charge in [0.15, 0.2) is 5.11 Å². The third-order valence-electron chi connectivity index (χ3n) is 4.65. The molecule has 0 atom stereocenters. The molecule has 166 valence electrons. The number of aryl methyl sites for hydroxylation is 4. The molecule has 7 nitrogen and oxygen atoms in total. The number of methoxy groups -OCH3 is 1. The normalized spacial score (nSPS) is 11.1. The predicted molar refractivity (Wildman–Crippen MR) is 135 cm³/mol. The van der Waals surface area contributed by atoms with Gasteiger partial charge in [0.05, 0.1) is 13.7 Å². The van der Waals surface area contributed by atoms with Crippen LogP contribution in [0.4, 0.5) is 11.6 Å². The summed E-state index contributed by atoms with van der Waals surface area (Å²) in [7, 11) is 1.65. The first-order valence-electron chi connectivity index (χ1n) is 10.2. The molecule has 0 spiro atoms. The van der Waals surface area contributed by atoms with E-state index in [1.54, 1.807) is 7.11 Å². The number of aromatic nitrogens is 2. The fourth-order valence-electron chi connectivity index (χ4n) is 3.11. The molecule has 1 heterocycles. The Morgan fingerprint density at radius 1 is 0.938 bits per heavy atom. The molecule has 32 heavy (non-hydrogen) atoms. The van der Waals surface area contributed by atoms with Gasteiger partial charge in [-0.15, -0.1) is 0 Å². The Morgan fingerprint density at radius 3 is 2.25 bits per heavy atom. The standard InChI is InChI=1S/C24H28N6OS/c1-15-6-11-21(16(2)12-15)28-24(32)30-22(29-23-26-17(3)13-18(4)27-23)25-14-19-7-9-20(31-5)10-8-19/h6-13H,14H2,1-5H3,(H3,25,26,27,28,29,30,32). The number of nitrogens with zero attached hydrogens (tertiary/aromatic N) is 3. The molecule has 0 saturated carbocycles. The van der Waals surface area contributed by atoms with E-state index in [-0.39, 0.29) is 0 Å². The van der Waals surface area contributed by atoms with Crippen molar-refractivity contribution in [2.24, 2.45) is 4.99 Å². The van der Waals surface area contributed by atoms with E-state index in [0.29, 0.717) is 23.6 Å². The molecule has 0 fully saturated rings. The van der Waals surface area contributed by atoms with Crippen LogP contribution in [-0.2, 0) is 6.54 Å². The summed E-state index contributed by atoms with van der Waals surface area (Å²) < 4.78 is 5.22. The van der Waals surface area contributed by atoms with Gasteiger partial charge in [-0.3, -0.25) is 5.32 Å². The summed E-state index contributed by atoms with van der Waals surface area (Å²) in [6, 6.07) is 15.8. The van der Waals surface area contributed by atoms with E-state index in [2.05, 4.69) is 43.9 Å². The highest BCUT2D eigenvalue weighted by Gasteiger charge is 2.08. The van der Waals surface area contributed by atoms with Gasteiger partial charge in [0.1, 0.15) is 5.75 Å². The van der Waals surface area contributed by atoms with Crippen LogP contribution < -0.4 is 20.7 Å². The molecule has 3 rings (SSSR count). The van der Waals surface area contributed by atoms with E-state index in [4.69, 9.17) is 17.0 Å². The molecule has 2 aromatic carbocycles. The van der Waals surface area contributed by atoms with Gasteiger partial charge in [0, 0.05) is 17.1 Å². The van der Waals surface area contributed by atoms with Crippen molar-refractivity contribution in [2.45, 2.75) is 34.2 Å². The number of guanidine groups is 1. The average molecular weight is 449 g/mol. The second-order valence-corrected chi connectivity index (χ2v) is 7.92. The number of aliphatic imine (C=N–C) groups is 1. The Bertz CT molecular complexity index is 1110. The molecular formula is C24H28N6OS. The Kier molecular flexibility index (Phi) is 7.72. The smallest absolute Gasteiger partial charge is 0.229 e. The number of anilines is 2. The summed E-state index contributed by atoms with van der Waals surface area (Å²) in [5.74, 6) is 1.71. The molecule has 0 saturated heterocycles. The topological polar surface area (TPSA) is 83.5 Å². The molecule has 0 unspecified atom stereocenters. The van der Waals surface area contributed by atoms with Gasteiger partial charge in [-0.05, 0) is 75.3 Å². The summed E-state index contributed by atoms with van der Waals surface area (Å²) in [6.07, 6.45) is 0. The average Bonchev–Trinajstić information content (AvgIpc) is 2.73. The van der Waals surface area contributed by atoms with Crippen LogP contribution in [0, 0.1) is 27.7 Å². The lowest BCUT2D eigenvalue weighted by Gasteiger charge is -2.15. The maximum Gasteiger partial charge on any atom is 0.229 e. The van der Waals surface area contributed by atoms with Crippen molar-refractivity contribution in [3.05, 3.63) is 76.6 Å². The van der Waals surface area contributed by atoms with Crippen molar-refractivity contribution in [2.75, 3.05) is 17.7 Å². The fraction of sp³-hybridized carbons (Fsp3) is 0.250. The largest absolute Gasteiger partial charge is 0.497 e. The van der Waals surface area contributed by atoms with Gasteiger partial charge in [-0.25, -0.2) is 15.0 Å². The number of thiocarbonyl (C=S) groups is 1. The predicted octanol–water partition coefficient (Wildman–Crippen LogP) is 4.67. The number of nitrogens with one attached hydrogen (secondary N) is 3. The van der Waals surface area contributed by atoms with Crippen LogP contribution in [0.1, 0.15) is 28.1 Å². The Labute approximate surface area is 194 Å². The van der Waals surface area contributed by atoms with Gasteiger partial charge in [0.25, 0.3) is 0 Å². The SMILES string of the molecule is COc1ccc(CN=C(NC(=S)Nc2ccc(C)cc2C)Nc2nc(C)cc(C)n2)cc1. The summed E-state index contributed by atoms with van der Waals surface area (Å²) in [5.41, 5.74) is 6.00. The van der Waals surface area contributed by atoms with Crippen molar-refractivity contribution < 1.29 is 4.74 Å². The summed E-state index contributed by atoms with van der Waals surface area (Å²) in [4.78, 5) is 13.6. The maximum absolute atomic E-state index is 5.54. The van der Waals surface area contributed by atoms with E-state index in [1.165, 1.54) is 5.56 Å². The summed E-state index contributed by atoms with van der Waals surface area (Å²) in [5, 5.41) is 9.95. The van der Waals surface area contributed by atoms with Crippen LogP contribution in [0.25, 0.3) is 0 Å². The molecule has 8 heteroatoms. The third-order valence-corrected chi connectivity index (χ3v) is 4.86. The quantitative estimate of drug-likeness (QED) is 0.297. The number of hydrogen-bond acceptors (Lipinski definition) is 5. The first-order valence-corrected chi connectivity index (χ1v) is 10.6. The minimum atomic E-state index is 0.419. The van der Waals surface area contributed by atoms with E-state index in [0.717, 1.165) is 34.0 Å². The molecule has 0 radical (unpaired) electrons. The van der Waals surface area contributed by atoms with Crippen molar-refractivity contribution in [1.82, 2.24) is 15.3 Å². The van der Waals surface area contributed by atoms with Crippen molar-refractivity contribution >= 4 is 34.9 Å². The number of rotatable bonds is 5. The third kappa shape index (κ3) is 6.75. The zero-order valence-electron chi connectivity index (χ0n) is 19.0. The van der Waals surface area contributed by atoms with Crippen LogP contribution in [0.5, 0.6) is 5.75 Å². The first-order chi connectivity index (χ1) is 15.3. The summed E-state index contributed by atoms with van der Waals surface area (Å²) >= 11 is 5.54. The monoisotopic (exact) mass is 448 g/mol. The van der Waals surface area contributed by atoms with Crippen molar-refractivity contribution in [3.8, 4) is 5.75 Å². The lowest BCUT2D eigenvalue weighted by Crippen LogP contribution is -2.39. The summed E-state index contributed by atoms with van der Waals surface area (Å²) in [6.45, 7) is 8.39. The molecule has 0 amide bonds. The van der Waals surface area contributed by atoms with Crippen LogP contribution in [0.2, 0.25) is 0 Å². The number of ether oxygens (including phenoxy) is 1. The van der Waals surface area contributed by atoms with Crippen molar-refractivity contribution in [3.63, 3.8) is 0 Å². The Morgan fingerprint density at radius 2 is 1.62 bits per heavy atom. The van der Waals surface area contributed by atoms with Gasteiger partial charge in [-0.1, -0.05) is 29.8 Å². The van der Waals surface area contributed by atoms with E-state index in [9.17, 15) is 0 Å². The van der Waals surface area contributed by atoms with Gasteiger partial charge in [-0.2, -0.15) is 0 Å². The fourth-order valence-corrected chi connectivity index (χ4v) is 3.32.